The van der Waals surface area contributed by atoms with Crippen LogP contribution in [-0.2, 0) is 28.3 Å². The minimum absolute atomic E-state index is 0.00836. The molecule has 0 saturated heterocycles. The third kappa shape index (κ3) is 7.98. The van der Waals surface area contributed by atoms with E-state index < -0.39 is 11.9 Å². The lowest BCUT2D eigenvalue weighted by molar-refractivity contribution is -0.139. The number of nitrogens with one attached hydrogen (secondary N) is 1. The second-order valence-corrected chi connectivity index (χ2v) is 11.3. The second kappa shape index (κ2) is 14.0. The van der Waals surface area contributed by atoms with Gasteiger partial charge in [0.2, 0.25) is 11.8 Å². The summed E-state index contributed by atoms with van der Waals surface area (Å²) in [6.45, 7) is 0.00836. The number of benzene rings is 3. The molecule has 8 heteroatoms. The molecule has 1 fully saturated rings. The summed E-state index contributed by atoms with van der Waals surface area (Å²) in [5, 5.41) is 4.11. The molecule has 4 nitrogen and oxygen atoms in total. The summed E-state index contributed by atoms with van der Waals surface area (Å²) in [5.41, 5.74) is 2.26. The van der Waals surface area contributed by atoms with Crippen molar-refractivity contribution >= 4 is 46.8 Å². The Kier molecular flexibility index (Phi) is 10.5. The lowest BCUT2D eigenvalue weighted by atomic mass is 10.0. The minimum atomic E-state index is -0.768. The monoisotopic (exact) mass is 572 g/mol. The molecule has 0 radical (unpaired) electrons. The Morgan fingerprint density at radius 1 is 0.947 bits per heavy atom. The van der Waals surface area contributed by atoms with Crippen molar-refractivity contribution in [2.45, 2.75) is 56.5 Å². The van der Waals surface area contributed by atoms with E-state index in [1.165, 1.54) is 22.7 Å². The highest BCUT2D eigenvalue weighted by atomic mass is 35.5. The van der Waals surface area contributed by atoms with Gasteiger partial charge in [-0.3, -0.25) is 9.59 Å². The molecule has 1 aliphatic rings. The van der Waals surface area contributed by atoms with E-state index in [0.29, 0.717) is 27.8 Å². The molecule has 200 valence electrons. The first kappa shape index (κ1) is 28.5. The zero-order chi connectivity index (χ0) is 26.9. The average Bonchev–Trinajstić information content (AvgIpc) is 3.42. The third-order valence-corrected chi connectivity index (χ3v) is 8.48. The van der Waals surface area contributed by atoms with Gasteiger partial charge in [-0.05, 0) is 42.2 Å². The van der Waals surface area contributed by atoms with Crippen LogP contribution < -0.4 is 5.32 Å². The number of nitrogens with zero attached hydrogens (tertiary/aromatic N) is 1. The van der Waals surface area contributed by atoms with Gasteiger partial charge in [-0.1, -0.05) is 90.6 Å². The fourth-order valence-electron chi connectivity index (χ4n) is 4.70. The molecule has 1 aliphatic carbocycles. The van der Waals surface area contributed by atoms with Crippen LogP contribution in [0, 0.1) is 5.82 Å². The zero-order valence-electron chi connectivity index (χ0n) is 21.0. The first-order valence-electron chi connectivity index (χ1n) is 12.8. The smallest absolute Gasteiger partial charge is 0.243 e. The average molecular weight is 574 g/mol. The van der Waals surface area contributed by atoms with Gasteiger partial charge in [0, 0.05) is 30.3 Å². The molecular formula is C30H31Cl2FN2O2S. The lowest BCUT2D eigenvalue weighted by Crippen LogP contribution is -2.52. The molecule has 0 bridgehead atoms. The highest BCUT2D eigenvalue weighted by molar-refractivity contribution is 7.99. The highest BCUT2D eigenvalue weighted by Gasteiger charge is 2.32. The predicted octanol–water partition coefficient (Wildman–Crippen LogP) is 7.06. The van der Waals surface area contributed by atoms with E-state index in [1.807, 2.05) is 36.4 Å². The van der Waals surface area contributed by atoms with Crippen LogP contribution in [0.15, 0.2) is 72.8 Å². The maximum atomic E-state index is 14.7. The summed E-state index contributed by atoms with van der Waals surface area (Å²) >= 11 is 13.6. The number of carbonyl (C=O) groups excluding carboxylic acids is 2. The first-order chi connectivity index (χ1) is 18.4. The lowest BCUT2D eigenvalue weighted by Gasteiger charge is -2.32. The highest BCUT2D eigenvalue weighted by Crippen LogP contribution is 2.26. The van der Waals surface area contributed by atoms with Crippen LogP contribution in [0.2, 0.25) is 10.0 Å². The Hall–Kier alpha value is -2.54. The Morgan fingerprint density at radius 2 is 1.66 bits per heavy atom. The van der Waals surface area contributed by atoms with E-state index in [9.17, 15) is 14.0 Å². The molecule has 3 aromatic carbocycles. The summed E-state index contributed by atoms with van der Waals surface area (Å²) in [7, 11) is 0. The summed E-state index contributed by atoms with van der Waals surface area (Å²) in [6.07, 6.45) is 4.38. The van der Waals surface area contributed by atoms with Crippen molar-refractivity contribution in [1.82, 2.24) is 10.2 Å². The van der Waals surface area contributed by atoms with E-state index in [1.54, 1.807) is 30.3 Å². The second-order valence-electron chi connectivity index (χ2n) is 9.55. The standard InChI is InChI=1S/C30H31Cl2FN2O2S/c31-25-15-14-22(16-26(25)32)19-38-20-29(36)35(18-23-10-4-7-13-27(23)33)28(17-21-8-2-1-3-9-21)30(37)34-24-11-5-6-12-24/h1-4,7-10,13-16,24,28H,5-6,11-12,17-20H2,(H,34,37). The van der Waals surface area contributed by atoms with Crippen molar-refractivity contribution in [2.75, 3.05) is 5.75 Å². The van der Waals surface area contributed by atoms with Crippen molar-refractivity contribution in [3.63, 3.8) is 0 Å². The largest absolute Gasteiger partial charge is 0.352 e. The fraction of sp³-hybridized carbons (Fsp3) is 0.333. The molecule has 1 saturated carbocycles. The maximum Gasteiger partial charge on any atom is 0.243 e. The summed E-state index contributed by atoms with van der Waals surface area (Å²) in [5.74, 6) is -0.131. The molecule has 1 atom stereocenters. The number of hydrogen-bond donors (Lipinski definition) is 1. The normalized spacial score (nSPS) is 14.3. The van der Waals surface area contributed by atoms with Crippen molar-refractivity contribution in [3.05, 3.63) is 105 Å². The van der Waals surface area contributed by atoms with Crippen LogP contribution >= 0.6 is 35.0 Å². The molecule has 1 N–H and O–H groups in total. The van der Waals surface area contributed by atoms with E-state index in [4.69, 9.17) is 23.2 Å². The maximum absolute atomic E-state index is 14.7. The van der Waals surface area contributed by atoms with Gasteiger partial charge < -0.3 is 10.2 Å². The quantitative estimate of drug-likeness (QED) is 0.267. The predicted molar refractivity (Wildman–Crippen MR) is 154 cm³/mol. The van der Waals surface area contributed by atoms with Crippen molar-refractivity contribution in [3.8, 4) is 0 Å². The minimum Gasteiger partial charge on any atom is -0.352 e. The Bertz CT molecular complexity index is 1240. The molecule has 0 aromatic heterocycles. The molecule has 1 unspecified atom stereocenters. The van der Waals surface area contributed by atoms with Gasteiger partial charge >= 0.3 is 0 Å². The summed E-state index contributed by atoms with van der Waals surface area (Å²) < 4.78 is 14.7. The molecule has 0 heterocycles. The van der Waals surface area contributed by atoms with Crippen LogP contribution in [-0.4, -0.2) is 34.6 Å². The molecule has 4 rings (SSSR count). The van der Waals surface area contributed by atoms with Gasteiger partial charge in [0.05, 0.1) is 15.8 Å². The number of carbonyl (C=O) groups is 2. The fourth-order valence-corrected chi connectivity index (χ4v) is 5.88. The SMILES string of the molecule is O=C(NC1CCCC1)C(Cc1ccccc1)N(Cc1ccccc1F)C(=O)CSCc1ccc(Cl)c(Cl)c1. The summed E-state index contributed by atoms with van der Waals surface area (Å²) in [4.78, 5) is 28.9. The third-order valence-electron chi connectivity index (χ3n) is 6.75. The van der Waals surface area contributed by atoms with Gasteiger partial charge in [0.15, 0.2) is 0 Å². The molecule has 2 amide bonds. The van der Waals surface area contributed by atoms with E-state index >= 15 is 0 Å². The molecule has 0 aliphatic heterocycles. The van der Waals surface area contributed by atoms with Crippen molar-refractivity contribution in [2.24, 2.45) is 0 Å². The van der Waals surface area contributed by atoms with Gasteiger partial charge in [-0.25, -0.2) is 4.39 Å². The zero-order valence-corrected chi connectivity index (χ0v) is 23.4. The Balaban J connectivity index is 1.57. The van der Waals surface area contributed by atoms with Gasteiger partial charge in [-0.2, -0.15) is 0 Å². The van der Waals surface area contributed by atoms with Crippen molar-refractivity contribution < 1.29 is 14.0 Å². The van der Waals surface area contributed by atoms with E-state index in [2.05, 4.69) is 5.32 Å². The van der Waals surface area contributed by atoms with Crippen LogP contribution in [0.1, 0.15) is 42.4 Å². The van der Waals surface area contributed by atoms with E-state index in [-0.39, 0.29) is 30.2 Å². The first-order valence-corrected chi connectivity index (χ1v) is 14.7. The topological polar surface area (TPSA) is 49.4 Å². The molecule has 3 aromatic rings. The Morgan fingerprint density at radius 3 is 2.37 bits per heavy atom. The number of thioether (sulfide) groups is 1. The van der Waals surface area contributed by atoms with Gasteiger partial charge in [0.1, 0.15) is 11.9 Å². The molecular weight excluding hydrogens is 542 g/mol. The van der Waals surface area contributed by atoms with Gasteiger partial charge in [0.25, 0.3) is 0 Å². The summed E-state index contributed by atoms with van der Waals surface area (Å²) in [6, 6.07) is 20.8. The van der Waals surface area contributed by atoms with Gasteiger partial charge in [-0.15, -0.1) is 11.8 Å². The molecule has 38 heavy (non-hydrogen) atoms. The van der Waals surface area contributed by atoms with E-state index in [0.717, 1.165) is 36.8 Å². The van der Waals surface area contributed by atoms with Crippen LogP contribution in [0.3, 0.4) is 0 Å². The van der Waals surface area contributed by atoms with Crippen LogP contribution in [0.5, 0.6) is 0 Å². The Labute approximate surface area is 237 Å². The van der Waals surface area contributed by atoms with Crippen LogP contribution in [0.25, 0.3) is 0 Å². The van der Waals surface area contributed by atoms with Crippen molar-refractivity contribution in [1.29, 1.82) is 0 Å². The number of halogens is 3. The molecule has 0 spiro atoms. The number of rotatable bonds is 11. The van der Waals surface area contributed by atoms with Crippen LogP contribution in [0.4, 0.5) is 4.39 Å². The number of amides is 2. The number of hydrogen-bond acceptors (Lipinski definition) is 3.